The molecule has 11 heteroatoms. The Labute approximate surface area is 190 Å². The van der Waals surface area contributed by atoms with E-state index < -0.39 is 33.4 Å². The number of hydrogen-bond donors (Lipinski definition) is 2. The Bertz CT molecular complexity index is 1200. The number of halogens is 1. The van der Waals surface area contributed by atoms with Gasteiger partial charge in [0.05, 0.1) is 5.02 Å². The van der Waals surface area contributed by atoms with Crippen molar-refractivity contribution in [3.8, 4) is 0 Å². The van der Waals surface area contributed by atoms with E-state index in [9.17, 15) is 22.8 Å². The first-order chi connectivity index (χ1) is 15.1. The van der Waals surface area contributed by atoms with E-state index >= 15 is 0 Å². The monoisotopic (exact) mass is 476 g/mol. The zero-order chi connectivity index (χ0) is 23.1. The summed E-state index contributed by atoms with van der Waals surface area (Å²) in [7, 11) is -3.87. The summed E-state index contributed by atoms with van der Waals surface area (Å²) < 4.78 is 27.1. The second kappa shape index (κ2) is 8.19. The predicted octanol–water partition coefficient (Wildman–Crippen LogP) is 2.24. The van der Waals surface area contributed by atoms with Gasteiger partial charge in [0.25, 0.3) is 11.8 Å². The quantitative estimate of drug-likeness (QED) is 0.642. The molecule has 0 unspecified atom stereocenters. The normalized spacial score (nSPS) is 21.6. The maximum absolute atomic E-state index is 13.0. The molecule has 4 rings (SSSR count). The van der Waals surface area contributed by atoms with Crippen LogP contribution in [0.3, 0.4) is 0 Å². The minimum Gasteiger partial charge on any atom is -0.318 e. The Balaban J connectivity index is 1.58. The number of carbonyl (C=O) groups is 3. The van der Waals surface area contributed by atoms with E-state index in [-0.39, 0.29) is 15.5 Å². The van der Waals surface area contributed by atoms with Crippen LogP contribution >= 0.6 is 11.6 Å². The van der Waals surface area contributed by atoms with Crippen LogP contribution in [0.25, 0.3) is 0 Å². The standard InChI is InChI=1S/C21H21ClN4O5S/c1-21(15-7-3-2-4-8-15)19(28)26(20(29)23-21)24-18(27)14-9-10-16(22)17(13-14)32(30,31)25-11-5-6-12-25/h2-4,7-10,13H,5-6,11-12H2,1H3,(H,23,29)(H,24,27)/t21-/m1/s1. The number of nitrogens with zero attached hydrogens (tertiary/aromatic N) is 2. The van der Waals surface area contributed by atoms with Gasteiger partial charge >= 0.3 is 6.03 Å². The third kappa shape index (κ3) is 3.74. The SMILES string of the molecule is C[C@]1(c2ccccc2)NC(=O)N(NC(=O)c2ccc(Cl)c(S(=O)(=O)N3CCCC3)c2)C1=O. The molecule has 2 aliphatic heterocycles. The van der Waals surface area contributed by atoms with Crippen LogP contribution in [0.2, 0.25) is 5.02 Å². The van der Waals surface area contributed by atoms with Gasteiger partial charge in [0, 0.05) is 18.7 Å². The number of sulfonamides is 1. The van der Waals surface area contributed by atoms with Gasteiger partial charge in [-0.15, -0.1) is 0 Å². The van der Waals surface area contributed by atoms with E-state index in [4.69, 9.17) is 11.6 Å². The lowest BCUT2D eigenvalue weighted by molar-refractivity contribution is -0.132. The molecule has 2 aromatic rings. The van der Waals surface area contributed by atoms with E-state index in [2.05, 4.69) is 10.7 Å². The number of imide groups is 1. The molecule has 2 aromatic carbocycles. The van der Waals surface area contributed by atoms with Gasteiger partial charge in [0.1, 0.15) is 10.4 Å². The minimum absolute atomic E-state index is 0.0138. The molecule has 0 spiro atoms. The average Bonchev–Trinajstić information content (AvgIpc) is 3.39. The van der Waals surface area contributed by atoms with Gasteiger partial charge in [-0.3, -0.25) is 15.0 Å². The van der Waals surface area contributed by atoms with Crippen molar-refractivity contribution in [3.05, 3.63) is 64.7 Å². The van der Waals surface area contributed by atoms with Crippen LogP contribution < -0.4 is 10.7 Å². The molecule has 2 heterocycles. The fourth-order valence-corrected chi connectivity index (χ4v) is 5.80. The maximum atomic E-state index is 13.0. The highest BCUT2D eigenvalue weighted by atomic mass is 35.5. The smallest absolute Gasteiger partial charge is 0.318 e. The highest BCUT2D eigenvalue weighted by molar-refractivity contribution is 7.89. The molecule has 0 saturated carbocycles. The summed E-state index contributed by atoms with van der Waals surface area (Å²) in [5.41, 5.74) is 1.42. The summed E-state index contributed by atoms with van der Waals surface area (Å²) in [4.78, 5) is 38.0. The molecular formula is C21H21ClN4O5S. The molecule has 0 radical (unpaired) electrons. The van der Waals surface area contributed by atoms with Crippen molar-refractivity contribution in [1.29, 1.82) is 0 Å². The van der Waals surface area contributed by atoms with Crippen molar-refractivity contribution in [1.82, 2.24) is 20.1 Å². The number of carbonyl (C=O) groups excluding carboxylic acids is 3. The first-order valence-corrected chi connectivity index (χ1v) is 11.8. The van der Waals surface area contributed by atoms with E-state index in [1.807, 2.05) is 0 Å². The lowest BCUT2D eigenvalue weighted by Crippen LogP contribution is -2.48. The minimum atomic E-state index is -3.87. The van der Waals surface area contributed by atoms with Gasteiger partial charge in [-0.05, 0) is 43.5 Å². The second-order valence-electron chi connectivity index (χ2n) is 7.76. The predicted molar refractivity (Wildman–Crippen MR) is 116 cm³/mol. The lowest BCUT2D eigenvalue weighted by Gasteiger charge is -2.22. The number of hydrogen-bond acceptors (Lipinski definition) is 5. The number of amides is 4. The van der Waals surface area contributed by atoms with Crippen molar-refractivity contribution in [2.24, 2.45) is 0 Å². The first-order valence-electron chi connectivity index (χ1n) is 9.97. The third-order valence-electron chi connectivity index (χ3n) is 5.63. The van der Waals surface area contributed by atoms with Gasteiger partial charge < -0.3 is 5.32 Å². The summed E-state index contributed by atoms with van der Waals surface area (Å²) in [5.74, 6) is -1.48. The molecular weight excluding hydrogens is 456 g/mol. The molecule has 2 N–H and O–H groups in total. The Hall–Kier alpha value is -2.95. The lowest BCUT2D eigenvalue weighted by atomic mass is 9.92. The zero-order valence-electron chi connectivity index (χ0n) is 17.2. The molecule has 32 heavy (non-hydrogen) atoms. The second-order valence-corrected chi connectivity index (χ2v) is 10.1. The van der Waals surface area contributed by atoms with Gasteiger partial charge in [0.15, 0.2) is 0 Å². The van der Waals surface area contributed by atoms with Gasteiger partial charge in [-0.2, -0.15) is 9.31 Å². The van der Waals surface area contributed by atoms with Crippen LogP contribution in [-0.4, -0.2) is 48.7 Å². The number of urea groups is 1. The van der Waals surface area contributed by atoms with E-state index in [1.54, 1.807) is 30.3 Å². The highest BCUT2D eigenvalue weighted by Gasteiger charge is 2.50. The first kappa shape index (κ1) is 22.3. The molecule has 9 nitrogen and oxygen atoms in total. The van der Waals surface area contributed by atoms with Crippen molar-refractivity contribution in [2.75, 3.05) is 13.1 Å². The molecule has 1 atom stereocenters. The van der Waals surface area contributed by atoms with Crippen LogP contribution in [-0.2, 0) is 20.4 Å². The van der Waals surface area contributed by atoms with E-state index in [0.717, 1.165) is 18.9 Å². The molecule has 2 saturated heterocycles. The molecule has 168 valence electrons. The molecule has 0 bridgehead atoms. The molecule has 4 amide bonds. The van der Waals surface area contributed by atoms with Crippen LogP contribution in [0.4, 0.5) is 4.79 Å². The molecule has 0 aromatic heterocycles. The summed E-state index contributed by atoms with van der Waals surface area (Å²) in [6.07, 6.45) is 1.51. The van der Waals surface area contributed by atoms with Crippen LogP contribution in [0.1, 0.15) is 35.7 Å². The highest BCUT2D eigenvalue weighted by Crippen LogP contribution is 2.29. The van der Waals surface area contributed by atoms with Gasteiger partial charge in [-0.1, -0.05) is 41.9 Å². The Kier molecular flexibility index (Phi) is 5.70. The third-order valence-corrected chi connectivity index (χ3v) is 8.01. The maximum Gasteiger partial charge on any atom is 0.344 e. The Morgan fingerprint density at radius 2 is 1.75 bits per heavy atom. The Morgan fingerprint density at radius 3 is 2.41 bits per heavy atom. The van der Waals surface area contributed by atoms with E-state index in [0.29, 0.717) is 23.7 Å². The van der Waals surface area contributed by atoms with Crippen LogP contribution in [0.5, 0.6) is 0 Å². The van der Waals surface area contributed by atoms with Crippen molar-refractivity contribution >= 4 is 39.5 Å². The summed E-state index contributed by atoms with van der Waals surface area (Å²) in [6, 6.07) is 11.6. The topological polar surface area (TPSA) is 116 Å². The molecule has 2 fully saturated rings. The van der Waals surface area contributed by atoms with Crippen molar-refractivity contribution in [2.45, 2.75) is 30.2 Å². The van der Waals surface area contributed by atoms with Crippen LogP contribution in [0.15, 0.2) is 53.4 Å². The average molecular weight is 477 g/mol. The summed E-state index contributed by atoms with van der Waals surface area (Å²) >= 11 is 6.12. The molecule has 2 aliphatic rings. The number of hydrazine groups is 1. The van der Waals surface area contributed by atoms with Gasteiger partial charge in [0.2, 0.25) is 10.0 Å². The van der Waals surface area contributed by atoms with Crippen molar-refractivity contribution < 1.29 is 22.8 Å². The number of nitrogens with one attached hydrogen (secondary N) is 2. The zero-order valence-corrected chi connectivity index (χ0v) is 18.7. The van der Waals surface area contributed by atoms with Gasteiger partial charge in [-0.25, -0.2) is 13.2 Å². The van der Waals surface area contributed by atoms with Crippen LogP contribution in [0, 0.1) is 0 Å². The van der Waals surface area contributed by atoms with E-state index in [1.165, 1.54) is 23.4 Å². The summed E-state index contributed by atoms with van der Waals surface area (Å²) in [5, 5.41) is 3.17. The Morgan fingerprint density at radius 1 is 1.09 bits per heavy atom. The largest absolute Gasteiger partial charge is 0.344 e. The van der Waals surface area contributed by atoms with Crippen molar-refractivity contribution in [3.63, 3.8) is 0 Å². The number of benzene rings is 2. The summed E-state index contributed by atoms with van der Waals surface area (Å²) in [6.45, 7) is 2.31. The fraction of sp³-hybridized carbons (Fsp3) is 0.286. The molecule has 0 aliphatic carbocycles. The number of rotatable bonds is 5. The fourth-order valence-electron chi connectivity index (χ4n) is 3.78.